The molecule has 2 heterocycles. The standard InChI is InChI=1S/C19H27NO4/c1-5-20(6-2)17(21)13-8-7-11-19(4)16(24-19)15-14(10-9-13)12(3)18(22)23-15/h8,14-16H,3,5-7,9-11H2,1-2,4H3/b13-8+/t14-,15-,16-,19+/m0/s1. The fourth-order valence-corrected chi connectivity index (χ4v) is 3.97. The molecule has 2 fully saturated rings. The molecule has 2 saturated heterocycles. The highest BCUT2D eigenvalue weighted by Crippen LogP contribution is 2.49. The van der Waals surface area contributed by atoms with E-state index in [1.165, 1.54) is 0 Å². The zero-order valence-corrected chi connectivity index (χ0v) is 14.8. The van der Waals surface area contributed by atoms with Crippen molar-refractivity contribution in [2.45, 2.75) is 64.3 Å². The number of amides is 1. The summed E-state index contributed by atoms with van der Waals surface area (Å²) in [7, 11) is 0. The molecule has 0 aromatic rings. The second-order valence-electron chi connectivity index (χ2n) is 7.14. The first-order valence-electron chi connectivity index (χ1n) is 8.97. The lowest BCUT2D eigenvalue weighted by molar-refractivity contribution is -0.140. The van der Waals surface area contributed by atoms with Crippen molar-refractivity contribution in [1.29, 1.82) is 0 Å². The van der Waals surface area contributed by atoms with Gasteiger partial charge in [0.1, 0.15) is 12.2 Å². The zero-order valence-electron chi connectivity index (χ0n) is 14.8. The summed E-state index contributed by atoms with van der Waals surface area (Å²) >= 11 is 0. The van der Waals surface area contributed by atoms with Gasteiger partial charge in [0.2, 0.25) is 5.91 Å². The molecule has 0 aromatic heterocycles. The average molecular weight is 333 g/mol. The van der Waals surface area contributed by atoms with Crippen molar-refractivity contribution in [2.24, 2.45) is 5.92 Å². The van der Waals surface area contributed by atoms with E-state index < -0.39 is 0 Å². The third kappa shape index (κ3) is 2.90. The minimum atomic E-state index is -0.317. The molecule has 24 heavy (non-hydrogen) atoms. The Hall–Kier alpha value is -1.62. The molecule has 3 rings (SSSR count). The Morgan fingerprint density at radius 2 is 2.12 bits per heavy atom. The van der Waals surface area contributed by atoms with Crippen molar-refractivity contribution in [3.8, 4) is 0 Å². The van der Waals surface area contributed by atoms with Crippen LogP contribution >= 0.6 is 0 Å². The van der Waals surface area contributed by atoms with Crippen LogP contribution in [-0.4, -0.2) is 47.7 Å². The van der Waals surface area contributed by atoms with Crippen LogP contribution in [0.25, 0.3) is 0 Å². The molecule has 1 aliphatic carbocycles. The number of esters is 1. The number of allylic oxidation sites excluding steroid dienone is 1. The summed E-state index contributed by atoms with van der Waals surface area (Å²) in [6.45, 7) is 11.4. The Balaban J connectivity index is 1.83. The number of rotatable bonds is 3. The van der Waals surface area contributed by atoms with E-state index in [1.54, 1.807) is 0 Å². The number of hydrogen-bond acceptors (Lipinski definition) is 4. The molecule has 0 aromatic carbocycles. The Bertz CT molecular complexity index is 592. The minimum Gasteiger partial charge on any atom is -0.455 e. The maximum absolute atomic E-state index is 12.7. The van der Waals surface area contributed by atoms with Gasteiger partial charge < -0.3 is 14.4 Å². The van der Waals surface area contributed by atoms with E-state index in [0.29, 0.717) is 31.5 Å². The van der Waals surface area contributed by atoms with Gasteiger partial charge in [0.15, 0.2) is 0 Å². The predicted molar refractivity (Wildman–Crippen MR) is 90.3 cm³/mol. The van der Waals surface area contributed by atoms with Crippen LogP contribution in [-0.2, 0) is 19.1 Å². The van der Waals surface area contributed by atoms with E-state index in [0.717, 1.165) is 18.4 Å². The van der Waals surface area contributed by atoms with Crippen molar-refractivity contribution in [1.82, 2.24) is 4.90 Å². The summed E-state index contributed by atoms with van der Waals surface area (Å²) in [5.41, 5.74) is 1.10. The maximum atomic E-state index is 12.7. The zero-order chi connectivity index (χ0) is 17.5. The van der Waals surface area contributed by atoms with E-state index in [-0.39, 0.29) is 35.6 Å². The number of fused-ring (bicyclic) bond motifs is 3. The van der Waals surface area contributed by atoms with Gasteiger partial charge in [-0.05, 0) is 46.5 Å². The number of carbonyl (C=O) groups excluding carboxylic acids is 2. The molecule has 0 unspecified atom stereocenters. The van der Waals surface area contributed by atoms with Crippen LogP contribution in [0.4, 0.5) is 0 Å². The lowest BCUT2D eigenvalue weighted by Crippen LogP contribution is -2.33. The molecular formula is C19H27NO4. The highest BCUT2D eigenvalue weighted by molar-refractivity contribution is 5.93. The van der Waals surface area contributed by atoms with Crippen LogP contribution in [0.5, 0.6) is 0 Å². The number of ether oxygens (including phenoxy) is 2. The second-order valence-corrected chi connectivity index (χ2v) is 7.14. The summed E-state index contributed by atoms with van der Waals surface area (Å²) in [6, 6.07) is 0. The molecule has 0 saturated carbocycles. The van der Waals surface area contributed by atoms with Gasteiger partial charge in [-0.15, -0.1) is 0 Å². The number of likely N-dealkylation sites (N-methyl/N-ethyl adjacent to an activating group) is 1. The molecule has 2 aliphatic heterocycles. The Morgan fingerprint density at radius 3 is 2.79 bits per heavy atom. The van der Waals surface area contributed by atoms with Gasteiger partial charge in [-0.1, -0.05) is 12.7 Å². The molecule has 0 spiro atoms. The maximum Gasteiger partial charge on any atom is 0.334 e. The Labute approximate surface area is 143 Å². The van der Waals surface area contributed by atoms with Gasteiger partial charge in [-0.3, -0.25) is 4.79 Å². The monoisotopic (exact) mass is 333 g/mol. The van der Waals surface area contributed by atoms with Crippen molar-refractivity contribution in [3.05, 3.63) is 23.8 Å². The molecule has 5 nitrogen and oxygen atoms in total. The van der Waals surface area contributed by atoms with Crippen LogP contribution in [0.2, 0.25) is 0 Å². The van der Waals surface area contributed by atoms with Gasteiger partial charge in [-0.25, -0.2) is 4.79 Å². The van der Waals surface area contributed by atoms with Crippen LogP contribution in [0.1, 0.15) is 46.5 Å². The van der Waals surface area contributed by atoms with Crippen molar-refractivity contribution >= 4 is 11.9 Å². The summed E-state index contributed by atoms with van der Waals surface area (Å²) in [5.74, 6) is -0.274. The smallest absolute Gasteiger partial charge is 0.334 e. The van der Waals surface area contributed by atoms with E-state index in [2.05, 4.69) is 19.6 Å². The van der Waals surface area contributed by atoms with Crippen molar-refractivity contribution < 1.29 is 19.1 Å². The quantitative estimate of drug-likeness (QED) is 0.452. The first kappa shape index (κ1) is 17.2. The number of hydrogen-bond donors (Lipinski definition) is 0. The van der Waals surface area contributed by atoms with Gasteiger partial charge in [0, 0.05) is 30.2 Å². The van der Waals surface area contributed by atoms with Gasteiger partial charge in [0.05, 0.1) is 5.60 Å². The highest BCUT2D eigenvalue weighted by atomic mass is 16.6. The lowest BCUT2D eigenvalue weighted by atomic mass is 9.83. The molecule has 132 valence electrons. The van der Waals surface area contributed by atoms with E-state index in [9.17, 15) is 9.59 Å². The highest BCUT2D eigenvalue weighted by Gasteiger charge is 2.61. The molecule has 0 radical (unpaired) electrons. The molecule has 1 amide bonds. The third-order valence-corrected chi connectivity index (χ3v) is 5.67. The molecule has 0 N–H and O–H groups in total. The van der Waals surface area contributed by atoms with Crippen LogP contribution in [0.3, 0.4) is 0 Å². The van der Waals surface area contributed by atoms with Crippen LogP contribution in [0.15, 0.2) is 23.8 Å². The fraction of sp³-hybridized carbons (Fsp3) is 0.684. The van der Waals surface area contributed by atoms with E-state index >= 15 is 0 Å². The van der Waals surface area contributed by atoms with Gasteiger partial charge >= 0.3 is 5.97 Å². The van der Waals surface area contributed by atoms with E-state index in [1.807, 2.05) is 18.7 Å². The Morgan fingerprint density at radius 1 is 1.42 bits per heavy atom. The average Bonchev–Trinajstić information content (AvgIpc) is 3.15. The molecule has 0 bridgehead atoms. The van der Waals surface area contributed by atoms with Gasteiger partial charge in [0.25, 0.3) is 0 Å². The first-order valence-corrected chi connectivity index (χ1v) is 8.97. The summed E-state index contributed by atoms with van der Waals surface area (Å²) in [4.78, 5) is 26.5. The lowest BCUT2D eigenvalue weighted by Gasteiger charge is -2.23. The molecular weight excluding hydrogens is 306 g/mol. The van der Waals surface area contributed by atoms with Crippen LogP contribution in [0, 0.1) is 5.92 Å². The SMILES string of the molecule is C=C1C(=O)O[C@H]2[C@H]1CC/C(C(=O)N(CC)CC)=C\CC[C@@]1(C)O[C@@H]21. The normalized spacial score (nSPS) is 37.6. The predicted octanol–water partition coefficient (Wildman–Crippen LogP) is 2.61. The number of carbonyl (C=O) groups is 2. The number of epoxide rings is 1. The van der Waals surface area contributed by atoms with Crippen LogP contribution < -0.4 is 0 Å². The first-order chi connectivity index (χ1) is 11.4. The topological polar surface area (TPSA) is 59.1 Å². The largest absolute Gasteiger partial charge is 0.455 e. The fourth-order valence-electron chi connectivity index (χ4n) is 3.97. The van der Waals surface area contributed by atoms with Crippen molar-refractivity contribution in [3.63, 3.8) is 0 Å². The third-order valence-electron chi connectivity index (χ3n) is 5.67. The van der Waals surface area contributed by atoms with E-state index in [4.69, 9.17) is 9.47 Å². The molecule has 4 atom stereocenters. The summed E-state index contributed by atoms with van der Waals surface area (Å²) in [5, 5.41) is 0. The van der Waals surface area contributed by atoms with Gasteiger partial charge in [-0.2, -0.15) is 0 Å². The Kier molecular flexibility index (Phi) is 4.56. The van der Waals surface area contributed by atoms with Crippen molar-refractivity contribution in [2.75, 3.05) is 13.1 Å². The molecule has 5 heteroatoms. The number of nitrogens with zero attached hydrogens (tertiary/aromatic N) is 1. The second kappa shape index (κ2) is 6.36. The minimum absolute atomic E-state index is 0.0425. The summed E-state index contributed by atoms with van der Waals surface area (Å²) in [6.07, 6.45) is 4.75. The molecule has 3 aliphatic rings. The summed E-state index contributed by atoms with van der Waals surface area (Å²) < 4.78 is 11.4.